The van der Waals surface area contributed by atoms with Crippen LogP contribution in [0.25, 0.3) is 0 Å². The van der Waals surface area contributed by atoms with E-state index in [1.165, 1.54) is 9.78 Å². The molecule has 0 aromatic carbocycles. The molecule has 0 saturated carbocycles. The third kappa shape index (κ3) is 2.14. The molecule has 1 aromatic rings. The Bertz CT molecular complexity index is 207. The Labute approximate surface area is 66.9 Å². The Morgan fingerprint density at radius 2 is 2.40 bits per heavy atom. The standard InChI is InChI=1S/C7H12BNS/c1-5(2)3-7-9-4-6(8)10-7/h4-5H,3,8H2,1-2H3. The summed E-state index contributed by atoms with van der Waals surface area (Å²) in [5.41, 5.74) is 0. The van der Waals surface area contributed by atoms with Crippen molar-refractivity contribution >= 4 is 24.0 Å². The van der Waals surface area contributed by atoms with Gasteiger partial charge in [-0.05, 0) is 10.7 Å². The summed E-state index contributed by atoms with van der Waals surface area (Å²) in [4.78, 5) is 4.27. The van der Waals surface area contributed by atoms with Crippen molar-refractivity contribution in [2.75, 3.05) is 0 Å². The second-order valence-electron chi connectivity index (χ2n) is 2.96. The molecule has 1 aromatic heterocycles. The Hall–Kier alpha value is -0.305. The Morgan fingerprint density at radius 1 is 1.70 bits per heavy atom. The maximum Gasteiger partial charge on any atom is 0.154 e. The van der Waals surface area contributed by atoms with Crippen molar-refractivity contribution in [3.63, 3.8) is 0 Å². The van der Waals surface area contributed by atoms with Crippen LogP contribution in [0.5, 0.6) is 0 Å². The van der Waals surface area contributed by atoms with Crippen molar-refractivity contribution in [3.05, 3.63) is 11.2 Å². The van der Waals surface area contributed by atoms with Gasteiger partial charge in [0.1, 0.15) is 0 Å². The van der Waals surface area contributed by atoms with E-state index >= 15 is 0 Å². The zero-order chi connectivity index (χ0) is 7.56. The van der Waals surface area contributed by atoms with Crippen LogP contribution >= 0.6 is 11.3 Å². The first-order chi connectivity index (χ1) is 4.68. The van der Waals surface area contributed by atoms with Crippen molar-refractivity contribution in [2.24, 2.45) is 5.92 Å². The molecule has 1 heterocycles. The van der Waals surface area contributed by atoms with E-state index in [0.29, 0.717) is 0 Å². The molecular weight excluding hydrogens is 141 g/mol. The monoisotopic (exact) mass is 153 g/mol. The van der Waals surface area contributed by atoms with Crippen LogP contribution in [0.1, 0.15) is 18.9 Å². The molecule has 0 aliphatic heterocycles. The predicted octanol–water partition coefficient (Wildman–Crippen LogP) is 0.600. The van der Waals surface area contributed by atoms with Crippen LogP contribution in [-0.2, 0) is 6.42 Å². The average Bonchev–Trinajstić information content (AvgIpc) is 2.13. The molecule has 1 rings (SSSR count). The lowest BCUT2D eigenvalue weighted by Crippen LogP contribution is -1.92. The molecule has 0 aliphatic carbocycles. The van der Waals surface area contributed by atoms with Gasteiger partial charge < -0.3 is 0 Å². The number of rotatable bonds is 2. The number of aromatic nitrogens is 1. The number of nitrogens with zero attached hydrogens (tertiary/aromatic N) is 1. The summed E-state index contributed by atoms with van der Waals surface area (Å²) < 4.78 is 1.32. The summed E-state index contributed by atoms with van der Waals surface area (Å²) in [6.45, 7) is 4.44. The largest absolute Gasteiger partial charge is 0.250 e. The molecule has 0 amide bonds. The fraction of sp³-hybridized carbons (Fsp3) is 0.571. The summed E-state index contributed by atoms with van der Waals surface area (Å²) in [5, 5.41) is 1.27. The first kappa shape index (κ1) is 7.80. The van der Waals surface area contributed by atoms with Crippen LogP contribution in [0.4, 0.5) is 0 Å². The molecule has 0 radical (unpaired) electrons. The summed E-state index contributed by atoms with van der Waals surface area (Å²) in [7, 11) is 2.10. The lowest BCUT2D eigenvalue weighted by molar-refractivity contribution is 0.644. The molecule has 1 nitrogen and oxygen atoms in total. The molecule has 0 atom stereocenters. The molecule has 3 heteroatoms. The van der Waals surface area contributed by atoms with E-state index < -0.39 is 0 Å². The van der Waals surface area contributed by atoms with Crippen molar-refractivity contribution in [2.45, 2.75) is 20.3 Å². The Kier molecular flexibility index (Phi) is 2.49. The van der Waals surface area contributed by atoms with Crippen molar-refractivity contribution in [1.29, 1.82) is 0 Å². The predicted molar refractivity (Wildman–Crippen MR) is 48.8 cm³/mol. The maximum atomic E-state index is 4.27. The van der Waals surface area contributed by atoms with E-state index in [4.69, 9.17) is 0 Å². The molecule has 0 saturated heterocycles. The number of hydrogen-bond acceptors (Lipinski definition) is 2. The average molecular weight is 153 g/mol. The van der Waals surface area contributed by atoms with Crippen LogP contribution in [0.15, 0.2) is 6.20 Å². The highest BCUT2D eigenvalue weighted by Crippen LogP contribution is 2.07. The first-order valence-electron chi connectivity index (χ1n) is 3.60. The van der Waals surface area contributed by atoms with E-state index in [1.54, 1.807) is 11.3 Å². The summed E-state index contributed by atoms with van der Waals surface area (Å²) in [6, 6.07) is 0. The van der Waals surface area contributed by atoms with Gasteiger partial charge >= 0.3 is 0 Å². The lowest BCUT2D eigenvalue weighted by Gasteiger charge is -1.97. The van der Waals surface area contributed by atoms with E-state index in [0.717, 1.165) is 12.3 Å². The van der Waals surface area contributed by atoms with Gasteiger partial charge in [0.25, 0.3) is 0 Å². The van der Waals surface area contributed by atoms with E-state index in [1.807, 2.05) is 6.20 Å². The van der Waals surface area contributed by atoms with Crippen LogP contribution in [-0.4, -0.2) is 12.8 Å². The highest BCUT2D eigenvalue weighted by molar-refractivity contribution is 7.19. The smallest absolute Gasteiger partial charge is 0.154 e. The van der Waals surface area contributed by atoms with Crippen LogP contribution < -0.4 is 4.78 Å². The topological polar surface area (TPSA) is 12.9 Å². The number of thiazole rings is 1. The fourth-order valence-electron chi connectivity index (χ4n) is 0.845. The third-order valence-electron chi connectivity index (χ3n) is 1.25. The number of hydrogen-bond donors (Lipinski definition) is 0. The van der Waals surface area contributed by atoms with Crippen molar-refractivity contribution in [3.8, 4) is 0 Å². The molecule has 10 heavy (non-hydrogen) atoms. The zero-order valence-electron chi connectivity index (χ0n) is 6.72. The van der Waals surface area contributed by atoms with Crippen molar-refractivity contribution < 1.29 is 0 Å². The molecular formula is C7H12BNS. The molecule has 0 N–H and O–H groups in total. The van der Waals surface area contributed by atoms with E-state index in [9.17, 15) is 0 Å². The normalized spacial score (nSPS) is 10.7. The summed E-state index contributed by atoms with van der Waals surface area (Å²) in [5.74, 6) is 0.727. The van der Waals surface area contributed by atoms with E-state index in [2.05, 4.69) is 26.7 Å². The third-order valence-corrected chi connectivity index (χ3v) is 2.19. The van der Waals surface area contributed by atoms with E-state index in [-0.39, 0.29) is 0 Å². The fourth-order valence-corrected chi connectivity index (χ4v) is 1.84. The van der Waals surface area contributed by atoms with Crippen LogP contribution in [0.2, 0.25) is 0 Å². The second-order valence-corrected chi connectivity index (χ2v) is 4.28. The van der Waals surface area contributed by atoms with Gasteiger partial charge in [-0.2, -0.15) is 0 Å². The van der Waals surface area contributed by atoms with Crippen LogP contribution in [0.3, 0.4) is 0 Å². The lowest BCUT2D eigenvalue weighted by atomic mass is 10.1. The first-order valence-corrected chi connectivity index (χ1v) is 4.41. The van der Waals surface area contributed by atoms with Gasteiger partial charge in [0.15, 0.2) is 7.85 Å². The maximum absolute atomic E-state index is 4.27. The minimum absolute atomic E-state index is 0.727. The second kappa shape index (κ2) is 3.19. The van der Waals surface area contributed by atoms with Gasteiger partial charge in [-0.15, -0.1) is 11.3 Å². The minimum Gasteiger partial charge on any atom is -0.250 e. The van der Waals surface area contributed by atoms with Gasteiger partial charge in [-0.3, -0.25) is 4.98 Å². The summed E-state index contributed by atoms with van der Waals surface area (Å²) >= 11 is 1.80. The highest BCUT2D eigenvalue weighted by atomic mass is 32.1. The van der Waals surface area contributed by atoms with Gasteiger partial charge in [-0.25, -0.2) is 0 Å². The van der Waals surface area contributed by atoms with Crippen LogP contribution in [0, 0.1) is 5.92 Å². The Morgan fingerprint density at radius 3 is 2.80 bits per heavy atom. The SMILES string of the molecule is Bc1cnc(CC(C)C)s1. The zero-order valence-corrected chi connectivity index (χ0v) is 7.53. The molecule has 54 valence electrons. The van der Waals surface area contributed by atoms with Crippen molar-refractivity contribution in [1.82, 2.24) is 4.98 Å². The quantitative estimate of drug-likeness (QED) is 0.567. The highest BCUT2D eigenvalue weighted by Gasteiger charge is 2.00. The molecule has 0 bridgehead atoms. The molecule has 0 fully saturated rings. The molecule has 0 unspecified atom stereocenters. The van der Waals surface area contributed by atoms with Gasteiger partial charge in [-0.1, -0.05) is 13.8 Å². The molecule has 0 aliphatic rings. The van der Waals surface area contributed by atoms with Gasteiger partial charge in [0.2, 0.25) is 0 Å². The Balaban J connectivity index is 2.58. The van der Waals surface area contributed by atoms with Gasteiger partial charge in [0.05, 0.1) is 5.01 Å². The molecule has 0 spiro atoms. The summed E-state index contributed by atoms with van der Waals surface area (Å²) in [6.07, 6.45) is 3.07. The van der Waals surface area contributed by atoms with Gasteiger partial charge in [0, 0.05) is 12.6 Å². The minimum atomic E-state index is 0.727.